The van der Waals surface area contributed by atoms with Crippen LogP contribution < -0.4 is 52.9 Å². The van der Waals surface area contributed by atoms with Gasteiger partial charge in [0.1, 0.15) is 35.8 Å². The van der Waals surface area contributed by atoms with E-state index in [2.05, 4.69) is 42.5 Å². The van der Waals surface area contributed by atoms with Gasteiger partial charge < -0.3 is 62.0 Å². The Labute approximate surface area is 418 Å². The average molecular weight is 1000 g/mol. The van der Waals surface area contributed by atoms with Gasteiger partial charge in [0.25, 0.3) is 29.2 Å². The van der Waals surface area contributed by atoms with Crippen molar-refractivity contribution in [3.63, 3.8) is 0 Å². The topological polar surface area (TPSA) is 281 Å². The number of allylic oxidation sites excluding steroid dienone is 2. The highest BCUT2D eigenvalue weighted by Gasteiger charge is 2.34. The van der Waals surface area contributed by atoms with Crippen molar-refractivity contribution in [1.82, 2.24) is 52.3 Å². The summed E-state index contributed by atoms with van der Waals surface area (Å²) in [6.07, 6.45) is 2.48. The van der Waals surface area contributed by atoms with Gasteiger partial charge in [-0.25, -0.2) is 9.86 Å². The number of rotatable bonds is 13. The number of carbonyl (C=O) groups excluding carboxylic acids is 6. The van der Waals surface area contributed by atoms with E-state index in [0.29, 0.717) is 50.9 Å². The minimum Gasteiger partial charge on any atom is -0.444 e. The maximum Gasteiger partial charge on any atom is 0.407 e. The highest BCUT2D eigenvalue weighted by atomic mass is 16.7. The van der Waals surface area contributed by atoms with Gasteiger partial charge in [0.15, 0.2) is 6.23 Å². The van der Waals surface area contributed by atoms with E-state index in [0.717, 1.165) is 15.4 Å². The fourth-order valence-electron chi connectivity index (χ4n) is 7.12. The van der Waals surface area contributed by atoms with E-state index < -0.39 is 53.2 Å². The average Bonchev–Trinajstić information content (AvgIpc) is 3.35. The predicted molar refractivity (Wildman–Crippen MR) is 265 cm³/mol. The van der Waals surface area contributed by atoms with E-state index in [1.807, 2.05) is 24.3 Å². The van der Waals surface area contributed by atoms with E-state index in [1.165, 1.54) is 24.3 Å². The summed E-state index contributed by atoms with van der Waals surface area (Å²) in [6.45, 7) is 7.65. The molecule has 7 rings (SSSR count). The van der Waals surface area contributed by atoms with Crippen molar-refractivity contribution >= 4 is 35.6 Å². The van der Waals surface area contributed by atoms with Crippen molar-refractivity contribution in [1.29, 1.82) is 0 Å². The number of carbonyl (C=O) groups is 6. The third-order valence-corrected chi connectivity index (χ3v) is 10.8. The van der Waals surface area contributed by atoms with Gasteiger partial charge in [-0.1, -0.05) is 60.7 Å². The summed E-state index contributed by atoms with van der Waals surface area (Å²) < 4.78 is 11.5. The molecule has 2 aromatic carbocycles. The van der Waals surface area contributed by atoms with Crippen LogP contribution in [-0.4, -0.2) is 141 Å². The van der Waals surface area contributed by atoms with Crippen LogP contribution in [0.2, 0.25) is 0 Å². The van der Waals surface area contributed by atoms with Gasteiger partial charge in [-0.3, -0.25) is 33.6 Å². The largest absolute Gasteiger partial charge is 0.444 e. The molecule has 72 heavy (non-hydrogen) atoms. The predicted octanol–water partition coefficient (Wildman–Crippen LogP) is 0.525. The van der Waals surface area contributed by atoms with Crippen molar-refractivity contribution < 1.29 is 53.0 Å². The number of fused-ring (bicyclic) bond motifs is 2. The summed E-state index contributed by atoms with van der Waals surface area (Å²) in [4.78, 5) is 105. The maximum atomic E-state index is 13.8. The Kier molecular flexibility index (Phi) is 22.7. The maximum absolute atomic E-state index is 13.8. The minimum atomic E-state index is -1.66. The van der Waals surface area contributed by atoms with E-state index in [9.17, 15) is 38.7 Å². The van der Waals surface area contributed by atoms with Crippen molar-refractivity contribution in [2.45, 2.75) is 77.5 Å². The molecule has 1 aromatic heterocycles. The number of hydrogen-bond acceptors (Lipinski definition) is 15. The van der Waals surface area contributed by atoms with E-state index in [1.54, 1.807) is 57.2 Å². The van der Waals surface area contributed by atoms with Gasteiger partial charge in [-0.15, -0.1) is 4.73 Å². The zero-order chi connectivity index (χ0) is 51.7. The van der Waals surface area contributed by atoms with Gasteiger partial charge in [-0.05, 0) is 102 Å². The lowest BCUT2D eigenvalue weighted by molar-refractivity contribution is -0.214. The molecule has 9 N–H and O–H groups in total. The van der Waals surface area contributed by atoms with Gasteiger partial charge >= 0.3 is 6.09 Å². The molecule has 0 radical (unpaired) electrons. The molecule has 22 heteroatoms. The highest BCUT2D eigenvalue weighted by Crippen LogP contribution is 2.23. The molecular formula is C50H68N10O12. The van der Waals surface area contributed by atoms with Crippen LogP contribution in [0.4, 0.5) is 4.79 Å². The zero-order valence-electron chi connectivity index (χ0n) is 41.1. The molecule has 390 valence electrons. The smallest absolute Gasteiger partial charge is 0.407 e. The Morgan fingerprint density at radius 1 is 0.667 bits per heavy atom. The summed E-state index contributed by atoms with van der Waals surface area (Å²) in [5.74, 6) is -2.92. The summed E-state index contributed by atoms with van der Waals surface area (Å²) in [7, 11) is 0. The lowest BCUT2D eigenvalue weighted by atomic mass is 10.1. The van der Waals surface area contributed by atoms with Crippen molar-refractivity contribution in [3.05, 3.63) is 129 Å². The van der Waals surface area contributed by atoms with E-state index in [-0.39, 0.29) is 94.1 Å². The second kappa shape index (κ2) is 29.3. The van der Waals surface area contributed by atoms with Gasteiger partial charge in [0, 0.05) is 39.3 Å². The Morgan fingerprint density at radius 3 is 1.94 bits per heavy atom. The molecule has 22 nitrogen and oxygen atoms in total. The summed E-state index contributed by atoms with van der Waals surface area (Å²) >= 11 is 0. The first-order valence-electron chi connectivity index (χ1n) is 24.1. The fourth-order valence-corrected chi connectivity index (χ4v) is 7.12. The number of nitrogens with zero attached hydrogens (tertiary/aromatic N) is 2. The second-order valence-corrected chi connectivity index (χ2v) is 17.6. The van der Waals surface area contributed by atoms with Crippen LogP contribution >= 0.6 is 0 Å². The van der Waals surface area contributed by atoms with Gasteiger partial charge in [0.2, 0.25) is 5.91 Å². The number of benzene rings is 2. The lowest BCUT2D eigenvalue weighted by Crippen LogP contribution is -2.47. The highest BCUT2D eigenvalue weighted by molar-refractivity contribution is 5.98. The number of hydroxylamine groups is 2. The fraction of sp³-hybridized carbons (Fsp3) is 0.460. The summed E-state index contributed by atoms with van der Waals surface area (Å²) in [6, 6.07) is 19.9. The van der Waals surface area contributed by atoms with Crippen LogP contribution in [0.3, 0.4) is 0 Å². The van der Waals surface area contributed by atoms with Gasteiger partial charge in [-0.2, -0.15) is 0 Å². The van der Waals surface area contributed by atoms with Crippen LogP contribution in [0.15, 0.2) is 101 Å². The number of pyridine rings is 1. The third-order valence-electron chi connectivity index (χ3n) is 10.8. The first-order valence-corrected chi connectivity index (χ1v) is 24.1. The first kappa shape index (κ1) is 55.8. The standard InChI is InChI=1S/C50H68N10O12/c1-50(2,3)72-49(68)58-30-32-69-31-29-57-44(63)39-17-10-22-51-23-11-25-53-42(61)37-18-20-40(59(47(37)66)70-33-35-13-6-4-7-14-35)45(64)55-27-28-56-46(65)41-21-19-38(43(62)54-26-12-24-52-39)48(67)60(41)71-34-36-15-8-5-9-16-36/h4-9,13-16,18-21,39,47,51-52,66H,10-12,17,22-34H2,1-3H3,(H,53,61)(H,54,62)(H,55,64)(H,56,65)(H,57,63)(H,58,68). The molecule has 0 saturated heterocycles. The molecule has 2 atom stereocenters. The van der Waals surface area contributed by atoms with Crippen molar-refractivity contribution in [2.75, 3.05) is 72.1 Å². The van der Waals surface area contributed by atoms with Crippen molar-refractivity contribution in [2.24, 2.45) is 0 Å². The molecule has 6 amide bonds. The SMILES string of the molecule is CC(C)(C)OC(=O)NCCOCCNC(=O)C1CCCNCCCNC(=O)C2=CC=C(C(=O)NCCNC(=O)c3ccc(c(=O)n3OCc3ccccc3)C(=O)NCCCN1)N(OCc1ccccc1)C2O. The molecule has 4 bridgehead atoms. The van der Waals surface area contributed by atoms with Crippen LogP contribution in [0, 0.1) is 0 Å². The Balaban J connectivity index is 1.27. The van der Waals surface area contributed by atoms with E-state index >= 15 is 0 Å². The zero-order valence-corrected chi connectivity index (χ0v) is 41.1. The first-order chi connectivity index (χ1) is 34.7. The number of aliphatic hydroxyl groups is 1. The quantitative estimate of drug-likeness (QED) is 0.106. The lowest BCUT2D eigenvalue weighted by Gasteiger charge is -2.33. The second-order valence-electron chi connectivity index (χ2n) is 17.6. The Morgan fingerprint density at radius 2 is 1.26 bits per heavy atom. The summed E-state index contributed by atoms with van der Waals surface area (Å²) in [5.41, 5.74) is -0.715. The monoisotopic (exact) mass is 1000 g/mol. The Bertz CT molecular complexity index is 2390. The molecule has 0 fully saturated rings. The van der Waals surface area contributed by atoms with Crippen LogP contribution in [0.1, 0.15) is 78.4 Å². The minimum absolute atomic E-state index is 0.0396. The third kappa shape index (κ3) is 18.6. The number of alkyl carbamates (subject to hydrolysis) is 1. The Hall–Kier alpha value is -7.11. The van der Waals surface area contributed by atoms with Gasteiger partial charge in [0.05, 0.1) is 24.8 Å². The number of amides is 6. The molecule has 4 aliphatic rings. The molecule has 0 spiro atoms. The van der Waals surface area contributed by atoms with Crippen LogP contribution in [-0.2, 0) is 41.9 Å². The number of ether oxygens (including phenoxy) is 2. The molecule has 2 unspecified atom stereocenters. The van der Waals surface area contributed by atoms with Crippen LogP contribution in [0.25, 0.3) is 0 Å². The van der Waals surface area contributed by atoms with E-state index in [4.69, 9.17) is 19.1 Å². The number of aromatic nitrogens is 1. The molecule has 4 aliphatic heterocycles. The van der Waals surface area contributed by atoms with Crippen LogP contribution in [0.5, 0.6) is 0 Å². The van der Waals surface area contributed by atoms with Crippen molar-refractivity contribution in [3.8, 4) is 0 Å². The molecular weight excluding hydrogens is 933 g/mol. The normalized spacial score (nSPS) is 18.3. The summed E-state index contributed by atoms with van der Waals surface area (Å²) in [5, 5.41) is 35.4. The number of nitrogens with one attached hydrogen (secondary N) is 8. The molecule has 0 saturated carbocycles. The molecule has 0 aliphatic carbocycles. The number of hydrogen-bond donors (Lipinski definition) is 9. The molecule has 3 aromatic rings. The number of aliphatic hydroxyl groups excluding tert-OH is 1. The molecule has 5 heterocycles.